The summed E-state index contributed by atoms with van der Waals surface area (Å²) in [6.07, 6.45) is 1.04. The first-order valence-corrected chi connectivity index (χ1v) is 6.49. The van der Waals surface area contributed by atoms with Crippen LogP contribution in [0, 0.1) is 13.8 Å². The molecule has 0 saturated heterocycles. The molecule has 0 fully saturated rings. The minimum Gasteiger partial charge on any atom is -0.313 e. The first-order chi connectivity index (χ1) is 8.70. The van der Waals surface area contributed by atoms with Gasteiger partial charge in [0.1, 0.15) is 0 Å². The molecule has 0 bridgehead atoms. The quantitative estimate of drug-likeness (QED) is 0.855. The molecule has 1 N–H and O–H groups in total. The summed E-state index contributed by atoms with van der Waals surface area (Å²) >= 11 is 0. The standard InChI is InChI=1S/C17H21N/c1-13-9-10-14(2)16(11-13)12-17(18-3)15-7-5-4-6-8-15/h4-11,17-18H,12H2,1-3H3. The molecule has 1 atom stereocenters. The van der Waals surface area contributed by atoms with Gasteiger partial charge in [-0.1, -0.05) is 54.1 Å². The average molecular weight is 239 g/mol. The van der Waals surface area contributed by atoms with Gasteiger partial charge in [-0.3, -0.25) is 0 Å². The molecule has 0 aliphatic rings. The summed E-state index contributed by atoms with van der Waals surface area (Å²) in [6.45, 7) is 4.34. The summed E-state index contributed by atoms with van der Waals surface area (Å²) in [5, 5.41) is 3.41. The van der Waals surface area contributed by atoms with Crippen LogP contribution in [-0.4, -0.2) is 7.05 Å². The van der Waals surface area contributed by atoms with E-state index in [1.165, 1.54) is 22.3 Å². The van der Waals surface area contributed by atoms with E-state index in [1.807, 2.05) is 7.05 Å². The Hall–Kier alpha value is -1.60. The lowest BCUT2D eigenvalue weighted by Crippen LogP contribution is -2.19. The van der Waals surface area contributed by atoms with Gasteiger partial charge in [-0.25, -0.2) is 0 Å². The van der Waals surface area contributed by atoms with Crippen molar-refractivity contribution in [1.29, 1.82) is 0 Å². The van der Waals surface area contributed by atoms with Crippen LogP contribution < -0.4 is 5.32 Å². The number of hydrogen-bond acceptors (Lipinski definition) is 1. The summed E-state index contributed by atoms with van der Waals surface area (Å²) in [7, 11) is 2.03. The van der Waals surface area contributed by atoms with Crippen LogP contribution in [0.2, 0.25) is 0 Å². The van der Waals surface area contributed by atoms with Crippen molar-refractivity contribution in [3.8, 4) is 0 Å². The largest absolute Gasteiger partial charge is 0.313 e. The van der Waals surface area contributed by atoms with E-state index in [0.717, 1.165) is 6.42 Å². The normalized spacial score (nSPS) is 12.4. The predicted octanol–water partition coefficient (Wildman–Crippen LogP) is 3.81. The summed E-state index contributed by atoms with van der Waals surface area (Å²) in [5.74, 6) is 0. The summed E-state index contributed by atoms with van der Waals surface area (Å²) < 4.78 is 0. The van der Waals surface area contributed by atoms with Crippen LogP contribution in [0.5, 0.6) is 0 Å². The van der Waals surface area contributed by atoms with Crippen molar-refractivity contribution in [3.05, 3.63) is 70.8 Å². The molecule has 2 rings (SSSR count). The Kier molecular flexibility index (Phi) is 4.16. The molecule has 0 aliphatic carbocycles. The van der Waals surface area contributed by atoms with Crippen molar-refractivity contribution in [1.82, 2.24) is 5.32 Å². The number of aryl methyl sites for hydroxylation is 2. The van der Waals surface area contributed by atoms with E-state index in [4.69, 9.17) is 0 Å². The number of nitrogens with one attached hydrogen (secondary N) is 1. The summed E-state index contributed by atoms with van der Waals surface area (Å²) in [5.41, 5.74) is 5.48. The van der Waals surface area contributed by atoms with Crippen LogP contribution in [0.4, 0.5) is 0 Å². The van der Waals surface area contributed by atoms with Crippen LogP contribution in [0.1, 0.15) is 28.3 Å². The van der Waals surface area contributed by atoms with Crippen molar-refractivity contribution < 1.29 is 0 Å². The van der Waals surface area contributed by atoms with Crippen molar-refractivity contribution in [2.24, 2.45) is 0 Å². The van der Waals surface area contributed by atoms with E-state index in [1.54, 1.807) is 0 Å². The van der Waals surface area contributed by atoms with Crippen LogP contribution in [0.15, 0.2) is 48.5 Å². The number of hydrogen-bond donors (Lipinski definition) is 1. The van der Waals surface area contributed by atoms with Gasteiger partial charge in [0.15, 0.2) is 0 Å². The SMILES string of the molecule is CNC(Cc1cc(C)ccc1C)c1ccccc1. The molecule has 94 valence electrons. The first-order valence-electron chi connectivity index (χ1n) is 6.49. The Morgan fingerprint density at radius 1 is 1.00 bits per heavy atom. The number of benzene rings is 2. The number of likely N-dealkylation sites (N-methyl/N-ethyl adjacent to an activating group) is 1. The maximum Gasteiger partial charge on any atom is 0.0358 e. The zero-order chi connectivity index (χ0) is 13.0. The molecular formula is C17H21N. The minimum atomic E-state index is 0.381. The molecule has 0 saturated carbocycles. The smallest absolute Gasteiger partial charge is 0.0358 e. The van der Waals surface area contributed by atoms with E-state index in [0.29, 0.717) is 6.04 Å². The highest BCUT2D eigenvalue weighted by Gasteiger charge is 2.11. The Labute approximate surface area is 110 Å². The lowest BCUT2D eigenvalue weighted by atomic mass is 9.95. The molecule has 1 unspecified atom stereocenters. The maximum atomic E-state index is 3.41. The van der Waals surface area contributed by atoms with Crippen LogP contribution >= 0.6 is 0 Å². The monoisotopic (exact) mass is 239 g/mol. The summed E-state index contributed by atoms with van der Waals surface area (Å²) in [4.78, 5) is 0. The number of rotatable bonds is 4. The molecule has 1 nitrogen and oxygen atoms in total. The van der Waals surface area contributed by atoms with Crippen molar-refractivity contribution in [2.75, 3.05) is 7.05 Å². The second kappa shape index (κ2) is 5.83. The molecule has 0 spiro atoms. The Bertz CT molecular complexity index is 502. The predicted molar refractivity (Wildman–Crippen MR) is 77.9 cm³/mol. The highest BCUT2D eigenvalue weighted by Crippen LogP contribution is 2.20. The van der Waals surface area contributed by atoms with Gasteiger partial charge in [0.2, 0.25) is 0 Å². The average Bonchev–Trinajstić information content (AvgIpc) is 2.41. The van der Waals surface area contributed by atoms with Gasteiger partial charge in [-0.05, 0) is 44.0 Å². The van der Waals surface area contributed by atoms with E-state index >= 15 is 0 Å². The highest BCUT2D eigenvalue weighted by atomic mass is 14.9. The molecule has 1 heteroatoms. The van der Waals surface area contributed by atoms with Gasteiger partial charge in [-0.15, -0.1) is 0 Å². The second-order valence-corrected chi connectivity index (χ2v) is 4.89. The van der Waals surface area contributed by atoms with Crippen molar-refractivity contribution in [3.63, 3.8) is 0 Å². The lowest BCUT2D eigenvalue weighted by Gasteiger charge is -2.18. The molecule has 2 aromatic carbocycles. The molecule has 0 aliphatic heterocycles. The Balaban J connectivity index is 2.23. The molecule has 0 aromatic heterocycles. The third-order valence-electron chi connectivity index (χ3n) is 3.48. The van der Waals surface area contributed by atoms with Crippen molar-refractivity contribution >= 4 is 0 Å². The molecule has 18 heavy (non-hydrogen) atoms. The fraction of sp³-hybridized carbons (Fsp3) is 0.294. The molecule has 2 aromatic rings. The van der Waals surface area contributed by atoms with Gasteiger partial charge in [0, 0.05) is 6.04 Å². The zero-order valence-corrected chi connectivity index (χ0v) is 11.4. The van der Waals surface area contributed by atoms with Gasteiger partial charge < -0.3 is 5.32 Å². The third kappa shape index (κ3) is 2.99. The van der Waals surface area contributed by atoms with Crippen LogP contribution in [0.3, 0.4) is 0 Å². The fourth-order valence-corrected chi connectivity index (χ4v) is 2.31. The van der Waals surface area contributed by atoms with E-state index in [-0.39, 0.29) is 0 Å². The molecule has 0 amide bonds. The molecule has 0 radical (unpaired) electrons. The summed E-state index contributed by atoms with van der Waals surface area (Å²) in [6, 6.07) is 17.7. The van der Waals surface area contributed by atoms with Crippen LogP contribution in [0.25, 0.3) is 0 Å². The first kappa shape index (κ1) is 12.8. The van der Waals surface area contributed by atoms with Crippen LogP contribution in [-0.2, 0) is 6.42 Å². The second-order valence-electron chi connectivity index (χ2n) is 4.89. The van der Waals surface area contributed by atoms with E-state index in [2.05, 4.69) is 67.7 Å². The lowest BCUT2D eigenvalue weighted by molar-refractivity contribution is 0.590. The van der Waals surface area contributed by atoms with Crippen molar-refractivity contribution in [2.45, 2.75) is 26.3 Å². The Morgan fingerprint density at radius 2 is 1.72 bits per heavy atom. The maximum absolute atomic E-state index is 3.41. The Morgan fingerprint density at radius 3 is 2.39 bits per heavy atom. The topological polar surface area (TPSA) is 12.0 Å². The minimum absolute atomic E-state index is 0.381. The zero-order valence-electron chi connectivity index (χ0n) is 11.4. The van der Waals surface area contributed by atoms with Gasteiger partial charge in [0.05, 0.1) is 0 Å². The fourth-order valence-electron chi connectivity index (χ4n) is 2.31. The molecule has 0 heterocycles. The highest BCUT2D eigenvalue weighted by molar-refractivity contribution is 5.32. The van der Waals surface area contributed by atoms with E-state index in [9.17, 15) is 0 Å². The third-order valence-corrected chi connectivity index (χ3v) is 3.48. The van der Waals surface area contributed by atoms with E-state index < -0.39 is 0 Å². The van der Waals surface area contributed by atoms with Gasteiger partial charge in [0.25, 0.3) is 0 Å². The molecular weight excluding hydrogens is 218 g/mol. The van der Waals surface area contributed by atoms with Gasteiger partial charge in [-0.2, -0.15) is 0 Å². The van der Waals surface area contributed by atoms with Gasteiger partial charge >= 0.3 is 0 Å².